The van der Waals surface area contributed by atoms with E-state index in [0.29, 0.717) is 28.3 Å². The van der Waals surface area contributed by atoms with Crippen molar-refractivity contribution in [3.63, 3.8) is 0 Å². The summed E-state index contributed by atoms with van der Waals surface area (Å²) in [6.45, 7) is 6.37. The normalized spacial score (nSPS) is 16.5. The van der Waals surface area contributed by atoms with Crippen molar-refractivity contribution in [2.24, 2.45) is 0 Å². The van der Waals surface area contributed by atoms with Crippen LogP contribution in [0.5, 0.6) is 11.5 Å². The molecular weight excluding hydrogens is 352 g/mol. The van der Waals surface area contributed by atoms with Crippen molar-refractivity contribution < 1.29 is 28.6 Å². The number of allylic oxidation sites excluding steroid dienone is 1. The van der Waals surface area contributed by atoms with Crippen molar-refractivity contribution in [3.05, 3.63) is 35.0 Å². The number of benzene rings is 1. The standard InChI is InChI=1S/C19H24N2O6/c1-10(2)27-16(23)9-26-14-7-6-13(8-15(14)25-5)18-17(12(4)22)11(3)20-19(24)21-18/h6-8,10,18H,9H2,1-5H3,(H2,20,21,24)/t18-/m0/s1. The van der Waals surface area contributed by atoms with E-state index in [1.54, 1.807) is 39.0 Å². The highest BCUT2D eigenvalue weighted by Crippen LogP contribution is 2.34. The minimum Gasteiger partial charge on any atom is -0.493 e. The van der Waals surface area contributed by atoms with Gasteiger partial charge in [0.15, 0.2) is 23.9 Å². The van der Waals surface area contributed by atoms with Crippen LogP contribution in [0.25, 0.3) is 0 Å². The van der Waals surface area contributed by atoms with Crippen LogP contribution in [0, 0.1) is 0 Å². The molecule has 0 fully saturated rings. The molecule has 0 saturated carbocycles. The number of hydrogen-bond donors (Lipinski definition) is 2. The van der Waals surface area contributed by atoms with E-state index in [4.69, 9.17) is 14.2 Å². The van der Waals surface area contributed by atoms with Gasteiger partial charge in [0.05, 0.1) is 19.3 Å². The smallest absolute Gasteiger partial charge is 0.344 e. The molecule has 0 bridgehead atoms. The molecule has 8 heteroatoms. The first-order chi connectivity index (χ1) is 12.7. The molecule has 0 aliphatic carbocycles. The van der Waals surface area contributed by atoms with Gasteiger partial charge < -0.3 is 24.8 Å². The van der Waals surface area contributed by atoms with Gasteiger partial charge in [-0.1, -0.05) is 6.07 Å². The number of rotatable bonds is 7. The molecule has 0 unspecified atom stereocenters. The van der Waals surface area contributed by atoms with Crippen LogP contribution in [0.4, 0.5) is 4.79 Å². The van der Waals surface area contributed by atoms with Gasteiger partial charge in [-0.15, -0.1) is 0 Å². The average molecular weight is 376 g/mol. The molecule has 1 aliphatic heterocycles. The topological polar surface area (TPSA) is 103 Å². The largest absolute Gasteiger partial charge is 0.493 e. The number of urea groups is 1. The molecule has 1 heterocycles. The highest BCUT2D eigenvalue weighted by atomic mass is 16.6. The number of esters is 1. The first kappa shape index (κ1) is 20.3. The summed E-state index contributed by atoms with van der Waals surface area (Å²) in [7, 11) is 1.46. The third-order valence-electron chi connectivity index (χ3n) is 3.88. The lowest BCUT2D eigenvalue weighted by Crippen LogP contribution is -2.44. The molecule has 1 aromatic carbocycles. The number of carbonyl (C=O) groups excluding carboxylic acids is 3. The van der Waals surface area contributed by atoms with Crippen LogP contribution in [0.3, 0.4) is 0 Å². The van der Waals surface area contributed by atoms with Crippen LogP contribution in [0.2, 0.25) is 0 Å². The van der Waals surface area contributed by atoms with Crippen molar-refractivity contribution in [2.45, 2.75) is 39.8 Å². The summed E-state index contributed by atoms with van der Waals surface area (Å²) < 4.78 is 15.8. The zero-order valence-electron chi connectivity index (χ0n) is 16.0. The van der Waals surface area contributed by atoms with Crippen molar-refractivity contribution in [1.29, 1.82) is 0 Å². The van der Waals surface area contributed by atoms with Gasteiger partial charge in [0.1, 0.15) is 0 Å². The Bertz CT molecular complexity index is 784. The van der Waals surface area contributed by atoms with E-state index in [2.05, 4.69) is 10.6 Å². The zero-order valence-corrected chi connectivity index (χ0v) is 16.0. The zero-order chi connectivity index (χ0) is 20.1. The molecule has 2 amide bonds. The summed E-state index contributed by atoms with van der Waals surface area (Å²) in [5.74, 6) is 0.0883. The summed E-state index contributed by atoms with van der Waals surface area (Å²) >= 11 is 0. The maximum atomic E-state index is 12.0. The monoisotopic (exact) mass is 376 g/mol. The second kappa shape index (κ2) is 8.57. The summed E-state index contributed by atoms with van der Waals surface area (Å²) in [4.78, 5) is 35.5. The minimum absolute atomic E-state index is 0.152. The van der Waals surface area contributed by atoms with Crippen LogP contribution < -0.4 is 20.1 Å². The Kier molecular flexibility index (Phi) is 6.44. The molecule has 0 aromatic heterocycles. The maximum Gasteiger partial charge on any atom is 0.344 e. The molecule has 0 saturated heterocycles. The lowest BCUT2D eigenvalue weighted by Gasteiger charge is -2.28. The molecule has 1 aliphatic rings. The number of ketones is 1. The van der Waals surface area contributed by atoms with E-state index in [1.165, 1.54) is 14.0 Å². The number of Topliss-reactive ketones (excluding diaryl/α,β-unsaturated/α-hetero) is 1. The van der Waals surface area contributed by atoms with Crippen LogP contribution in [0.15, 0.2) is 29.5 Å². The van der Waals surface area contributed by atoms with Crippen LogP contribution in [-0.2, 0) is 14.3 Å². The molecule has 146 valence electrons. The Hall–Kier alpha value is -3.03. The van der Waals surface area contributed by atoms with E-state index < -0.39 is 18.0 Å². The molecule has 0 radical (unpaired) electrons. The highest BCUT2D eigenvalue weighted by molar-refractivity contribution is 5.98. The lowest BCUT2D eigenvalue weighted by atomic mass is 9.93. The van der Waals surface area contributed by atoms with Gasteiger partial charge in [-0.05, 0) is 45.4 Å². The quantitative estimate of drug-likeness (QED) is 0.708. The fraction of sp³-hybridized carbons (Fsp3) is 0.421. The maximum absolute atomic E-state index is 12.0. The number of hydrogen-bond acceptors (Lipinski definition) is 6. The van der Waals surface area contributed by atoms with Crippen molar-refractivity contribution in [3.8, 4) is 11.5 Å². The van der Waals surface area contributed by atoms with E-state index in [-0.39, 0.29) is 18.5 Å². The Morgan fingerprint density at radius 2 is 1.93 bits per heavy atom. The van der Waals surface area contributed by atoms with Crippen LogP contribution >= 0.6 is 0 Å². The lowest BCUT2D eigenvalue weighted by molar-refractivity contribution is -0.149. The van der Waals surface area contributed by atoms with Crippen LogP contribution in [-0.4, -0.2) is 37.6 Å². The van der Waals surface area contributed by atoms with E-state index in [0.717, 1.165) is 0 Å². The molecule has 2 N–H and O–H groups in total. The van der Waals surface area contributed by atoms with Crippen molar-refractivity contribution in [2.75, 3.05) is 13.7 Å². The first-order valence-corrected chi connectivity index (χ1v) is 8.52. The Labute approximate surface area is 157 Å². The van der Waals surface area contributed by atoms with Gasteiger partial charge in [-0.2, -0.15) is 0 Å². The molecule has 1 aromatic rings. The first-order valence-electron chi connectivity index (χ1n) is 8.52. The number of carbonyl (C=O) groups is 3. The molecule has 1 atom stereocenters. The number of ether oxygens (including phenoxy) is 3. The van der Waals surface area contributed by atoms with E-state index >= 15 is 0 Å². The summed E-state index contributed by atoms with van der Waals surface area (Å²) in [5, 5.41) is 5.34. The van der Waals surface area contributed by atoms with Crippen molar-refractivity contribution in [1.82, 2.24) is 10.6 Å². The molecule has 8 nitrogen and oxygen atoms in total. The Balaban J connectivity index is 2.27. The minimum atomic E-state index is -0.606. The summed E-state index contributed by atoms with van der Waals surface area (Å²) in [6, 6.07) is 3.99. The SMILES string of the molecule is COc1cc([C@@H]2NC(=O)NC(C)=C2C(C)=O)ccc1OCC(=O)OC(C)C. The van der Waals surface area contributed by atoms with Gasteiger partial charge in [0.25, 0.3) is 0 Å². The Morgan fingerprint density at radius 3 is 2.52 bits per heavy atom. The Morgan fingerprint density at radius 1 is 1.22 bits per heavy atom. The van der Waals surface area contributed by atoms with Gasteiger partial charge >= 0.3 is 12.0 Å². The fourth-order valence-corrected chi connectivity index (χ4v) is 2.83. The predicted octanol–water partition coefficient (Wildman–Crippen LogP) is 2.24. The fourth-order valence-electron chi connectivity index (χ4n) is 2.83. The average Bonchev–Trinajstić information content (AvgIpc) is 2.58. The van der Waals surface area contributed by atoms with Crippen molar-refractivity contribution >= 4 is 17.8 Å². The van der Waals surface area contributed by atoms with Gasteiger partial charge in [-0.3, -0.25) is 4.79 Å². The molecule has 2 rings (SSSR count). The summed E-state index contributed by atoms with van der Waals surface area (Å²) in [5.41, 5.74) is 1.63. The molecule has 0 spiro atoms. The summed E-state index contributed by atoms with van der Waals surface area (Å²) in [6.07, 6.45) is -0.228. The third-order valence-corrected chi connectivity index (χ3v) is 3.88. The highest BCUT2D eigenvalue weighted by Gasteiger charge is 2.29. The van der Waals surface area contributed by atoms with E-state index in [1.807, 2.05) is 0 Å². The van der Waals surface area contributed by atoms with E-state index in [9.17, 15) is 14.4 Å². The predicted molar refractivity (Wildman–Crippen MR) is 97.5 cm³/mol. The molecule has 27 heavy (non-hydrogen) atoms. The molecular formula is C19H24N2O6. The van der Waals surface area contributed by atoms with Gasteiger partial charge in [0.2, 0.25) is 0 Å². The van der Waals surface area contributed by atoms with Gasteiger partial charge in [-0.25, -0.2) is 9.59 Å². The van der Waals surface area contributed by atoms with Crippen LogP contribution in [0.1, 0.15) is 39.3 Å². The number of methoxy groups -OCH3 is 1. The third kappa shape index (κ3) is 4.99. The number of nitrogens with one attached hydrogen (secondary N) is 2. The number of amides is 2. The van der Waals surface area contributed by atoms with Gasteiger partial charge in [0, 0.05) is 11.3 Å². The second-order valence-electron chi connectivity index (χ2n) is 6.36. The second-order valence-corrected chi connectivity index (χ2v) is 6.36.